The molecule has 1 aromatic heterocycles. The minimum absolute atomic E-state index is 0.0547. The zero-order valence-corrected chi connectivity index (χ0v) is 16.2. The molecule has 0 radical (unpaired) electrons. The van der Waals surface area contributed by atoms with Crippen LogP contribution in [-0.4, -0.2) is 18.8 Å². The molecule has 0 bridgehead atoms. The second kappa shape index (κ2) is 9.28. The molecular weight excluding hydrogens is 349 g/mol. The van der Waals surface area contributed by atoms with Gasteiger partial charge in [0, 0.05) is 41.2 Å². The van der Waals surface area contributed by atoms with Crippen LogP contribution >= 0.6 is 0 Å². The fourth-order valence-electron chi connectivity index (χ4n) is 2.03. The summed E-state index contributed by atoms with van der Waals surface area (Å²) in [4.78, 5) is 27.8. The van der Waals surface area contributed by atoms with Crippen molar-refractivity contribution in [3.63, 3.8) is 0 Å². The quantitative estimate of drug-likeness (QED) is 0.542. The van der Waals surface area contributed by atoms with E-state index in [9.17, 15) is 26.9 Å². The molecule has 0 aliphatic heterocycles. The van der Waals surface area contributed by atoms with Gasteiger partial charge in [0.05, 0.1) is 0 Å². The third-order valence-electron chi connectivity index (χ3n) is 3.74. The number of carbonyl (C=O) groups excluding carboxylic acids is 2. The van der Waals surface area contributed by atoms with Crippen molar-refractivity contribution < 1.29 is 31.8 Å². The molecule has 8 heteroatoms. The Labute approximate surface area is 152 Å². The van der Waals surface area contributed by atoms with E-state index in [0.717, 1.165) is 5.56 Å². The van der Waals surface area contributed by atoms with E-state index in [1.165, 1.54) is 0 Å². The van der Waals surface area contributed by atoms with Gasteiger partial charge in [0.2, 0.25) is 0 Å². The molecule has 148 valence electrons. The van der Waals surface area contributed by atoms with E-state index in [-0.39, 0.29) is 28.3 Å². The van der Waals surface area contributed by atoms with Crippen molar-refractivity contribution in [1.29, 1.82) is 0 Å². The highest BCUT2D eigenvalue weighted by molar-refractivity contribution is 6.50. The second-order valence-electron chi connectivity index (χ2n) is 8.28. The highest BCUT2D eigenvalue weighted by atomic mass is 19.5. The van der Waals surface area contributed by atoms with Crippen molar-refractivity contribution in [3.8, 4) is 0 Å². The first-order valence-corrected chi connectivity index (χ1v) is 8.41. The Morgan fingerprint density at radius 3 is 1.62 bits per heavy atom. The minimum Gasteiger partial charge on any atom is -0.418 e. The van der Waals surface area contributed by atoms with E-state index in [0.29, 0.717) is 12.8 Å². The average molecular weight is 377 g/mol. The molecule has 1 aromatic rings. The van der Waals surface area contributed by atoms with Crippen molar-refractivity contribution in [3.05, 3.63) is 30.1 Å². The van der Waals surface area contributed by atoms with Crippen LogP contribution in [0.3, 0.4) is 0 Å². The highest BCUT2D eigenvalue weighted by Gasteiger charge is 2.30. The number of ketones is 2. The number of carbonyl (C=O) groups is 2. The average Bonchev–Trinajstić information content (AvgIpc) is 2.43. The molecule has 1 N–H and O–H groups in total. The number of halogens is 4. The predicted molar refractivity (Wildman–Crippen MR) is 94.1 cm³/mol. The summed E-state index contributed by atoms with van der Waals surface area (Å²) >= 11 is 0. The summed E-state index contributed by atoms with van der Waals surface area (Å²) in [7, 11) is -6.00. The summed E-state index contributed by atoms with van der Waals surface area (Å²) in [5.74, 6) is 0.331. The maximum Gasteiger partial charge on any atom is 0.673 e. The van der Waals surface area contributed by atoms with Gasteiger partial charge in [-0.3, -0.25) is 9.59 Å². The van der Waals surface area contributed by atoms with Crippen molar-refractivity contribution in [2.24, 2.45) is 10.8 Å². The highest BCUT2D eigenvalue weighted by Crippen LogP contribution is 2.31. The molecule has 0 atom stereocenters. The van der Waals surface area contributed by atoms with Gasteiger partial charge in [-0.25, -0.2) is 4.98 Å². The van der Waals surface area contributed by atoms with Gasteiger partial charge >= 0.3 is 7.25 Å². The lowest BCUT2D eigenvalue weighted by molar-refractivity contribution is -0.378. The van der Waals surface area contributed by atoms with Crippen molar-refractivity contribution in [2.45, 2.75) is 60.3 Å². The van der Waals surface area contributed by atoms with Crippen LogP contribution in [0.5, 0.6) is 0 Å². The lowest BCUT2D eigenvalue weighted by atomic mass is 9.78. The molecule has 0 saturated heterocycles. The van der Waals surface area contributed by atoms with Crippen LogP contribution < -0.4 is 4.98 Å². The van der Waals surface area contributed by atoms with Crippen LogP contribution in [-0.2, 0) is 9.59 Å². The molecule has 0 aliphatic rings. The molecule has 3 nitrogen and oxygen atoms in total. The largest absolute Gasteiger partial charge is 0.673 e. The summed E-state index contributed by atoms with van der Waals surface area (Å²) in [5, 5.41) is 0. The Balaban J connectivity index is 0.00000110. The molecule has 0 saturated carbocycles. The fraction of sp³-hybridized carbons (Fsp3) is 0.611. The van der Waals surface area contributed by atoms with E-state index in [1.807, 2.05) is 66.1 Å². The van der Waals surface area contributed by atoms with Crippen LogP contribution in [0.2, 0.25) is 0 Å². The minimum atomic E-state index is -6.00. The molecule has 26 heavy (non-hydrogen) atoms. The smallest absolute Gasteiger partial charge is 0.418 e. The topological polar surface area (TPSA) is 48.3 Å². The summed E-state index contributed by atoms with van der Waals surface area (Å²) in [5.41, 5.74) is 0.274. The molecule has 0 aliphatic carbocycles. The molecule has 1 rings (SSSR count). The number of nitrogens with one attached hydrogen (secondary N) is 1. The van der Waals surface area contributed by atoms with Gasteiger partial charge in [-0.1, -0.05) is 41.5 Å². The maximum absolute atomic E-state index is 12.4. The predicted octanol–water partition coefficient (Wildman–Crippen LogP) is 4.89. The van der Waals surface area contributed by atoms with E-state index in [1.54, 1.807) is 0 Å². The number of pyridine rings is 1. The molecule has 0 amide bonds. The number of Topliss-reactive ketones (excluding diaryl/α,β-unsaturated/α-hetero) is 2. The van der Waals surface area contributed by atoms with Crippen molar-refractivity contribution in [2.75, 3.05) is 0 Å². The van der Waals surface area contributed by atoms with Gasteiger partial charge in [-0.15, -0.1) is 0 Å². The van der Waals surface area contributed by atoms with Crippen LogP contribution in [0.4, 0.5) is 17.3 Å². The number of aromatic nitrogens is 1. The standard InChI is InChI=1S/C18H27NO2.BF4/c1-17(2,3)15(20)10-14(11-16(21)18(4,5)6)13-8-7-9-19-12-13;2-1(3,4)5/h7-9,12,14H,10-11H2,1-6H3;/q;-1/p+1. The van der Waals surface area contributed by atoms with Gasteiger partial charge in [0.25, 0.3) is 0 Å². The second-order valence-corrected chi connectivity index (χ2v) is 8.28. The SMILES string of the molecule is CC(C)(C)C(=O)CC(CC(=O)C(C)(C)C)c1ccc[nH+]c1.F[B-](F)(F)F. The summed E-state index contributed by atoms with van der Waals surface area (Å²) in [6.07, 6.45) is 4.53. The van der Waals surface area contributed by atoms with Gasteiger partial charge < -0.3 is 17.3 Å². The Hall–Kier alpha value is -1.73. The van der Waals surface area contributed by atoms with Crippen LogP contribution in [0.1, 0.15) is 65.9 Å². The number of aromatic amines is 1. The summed E-state index contributed by atoms with van der Waals surface area (Å²) in [6, 6.07) is 3.89. The number of H-pyrrole nitrogens is 1. The Kier molecular flexibility index (Phi) is 8.67. The molecule has 0 spiro atoms. The lowest BCUT2D eigenvalue weighted by Gasteiger charge is -2.24. The van der Waals surface area contributed by atoms with E-state index in [4.69, 9.17) is 0 Å². The molecular formula is C18H28BF4NO2. The maximum atomic E-state index is 12.4. The van der Waals surface area contributed by atoms with Gasteiger partial charge in [0.1, 0.15) is 11.6 Å². The number of hydrogen-bond donors (Lipinski definition) is 0. The summed E-state index contributed by atoms with van der Waals surface area (Å²) in [6.45, 7) is 11.6. The Morgan fingerprint density at radius 1 is 0.962 bits per heavy atom. The molecule has 0 aromatic carbocycles. The normalized spacial score (nSPS) is 12.4. The Morgan fingerprint density at radius 2 is 1.35 bits per heavy atom. The van der Waals surface area contributed by atoms with Gasteiger partial charge in [0.15, 0.2) is 12.4 Å². The van der Waals surface area contributed by atoms with E-state index < -0.39 is 7.25 Å². The zero-order valence-electron chi connectivity index (χ0n) is 16.2. The first kappa shape index (κ1) is 24.3. The summed E-state index contributed by atoms with van der Waals surface area (Å²) < 4.78 is 39.0. The van der Waals surface area contributed by atoms with Crippen LogP contribution in [0.25, 0.3) is 0 Å². The lowest BCUT2D eigenvalue weighted by Crippen LogP contribution is -2.27. The number of hydrogen-bond acceptors (Lipinski definition) is 2. The first-order valence-electron chi connectivity index (χ1n) is 8.41. The van der Waals surface area contributed by atoms with E-state index in [2.05, 4.69) is 4.98 Å². The molecule has 0 fully saturated rings. The van der Waals surface area contributed by atoms with Crippen molar-refractivity contribution >= 4 is 18.8 Å². The monoisotopic (exact) mass is 377 g/mol. The first-order chi connectivity index (χ1) is 11.5. The van der Waals surface area contributed by atoms with Crippen molar-refractivity contribution in [1.82, 2.24) is 0 Å². The molecule has 1 heterocycles. The number of rotatable bonds is 5. The van der Waals surface area contributed by atoms with E-state index >= 15 is 0 Å². The Bertz CT molecular complexity index is 556. The molecule has 0 unspecified atom stereocenters. The van der Waals surface area contributed by atoms with Crippen LogP contribution in [0.15, 0.2) is 24.5 Å². The van der Waals surface area contributed by atoms with Gasteiger partial charge in [-0.05, 0) is 6.07 Å². The fourth-order valence-corrected chi connectivity index (χ4v) is 2.03. The van der Waals surface area contributed by atoms with Gasteiger partial charge in [-0.2, -0.15) is 0 Å². The third kappa shape index (κ3) is 11.0. The van der Waals surface area contributed by atoms with Crippen LogP contribution in [0, 0.1) is 10.8 Å². The third-order valence-corrected chi connectivity index (χ3v) is 3.74. The zero-order chi connectivity index (χ0) is 20.8.